The van der Waals surface area contributed by atoms with Crippen LogP contribution in [0.3, 0.4) is 0 Å². The molecule has 1 aliphatic carbocycles. The third-order valence-electron chi connectivity index (χ3n) is 9.85. The minimum atomic E-state index is -1.37. The molecule has 4 fully saturated rings. The van der Waals surface area contributed by atoms with Crippen molar-refractivity contribution in [3.63, 3.8) is 0 Å². The van der Waals surface area contributed by atoms with Gasteiger partial charge in [0.25, 0.3) is 0 Å². The van der Waals surface area contributed by atoms with E-state index in [0.717, 1.165) is 36.8 Å². The highest BCUT2D eigenvalue weighted by Crippen LogP contribution is 2.47. The predicted octanol–water partition coefficient (Wildman–Crippen LogP) is 2.70. The summed E-state index contributed by atoms with van der Waals surface area (Å²) in [5.41, 5.74) is 0.699. The summed E-state index contributed by atoms with van der Waals surface area (Å²) in [6.45, 7) is 1.53. The Morgan fingerprint density at radius 2 is 1.67 bits per heavy atom. The van der Waals surface area contributed by atoms with Gasteiger partial charge in [-0.1, -0.05) is 56.4 Å². The number of carbonyl (C=O) groups is 5. The van der Waals surface area contributed by atoms with Crippen molar-refractivity contribution < 1.29 is 43.3 Å². The molecule has 0 spiro atoms. The number of nitrogens with zero attached hydrogens (tertiary/aromatic N) is 2. The van der Waals surface area contributed by atoms with E-state index >= 15 is 0 Å². The van der Waals surface area contributed by atoms with Gasteiger partial charge in [0.1, 0.15) is 29.8 Å². The highest BCUT2D eigenvalue weighted by Gasteiger charge is 2.62. The van der Waals surface area contributed by atoms with Crippen LogP contribution in [0.25, 0.3) is 0 Å². The number of amides is 4. The molecule has 13 nitrogen and oxygen atoms in total. The lowest BCUT2D eigenvalue weighted by Crippen LogP contribution is -2.56. The van der Waals surface area contributed by atoms with Crippen LogP contribution in [0.2, 0.25) is 0 Å². The molecule has 0 unspecified atom stereocenters. The van der Waals surface area contributed by atoms with Crippen molar-refractivity contribution in [1.82, 2.24) is 20.4 Å². The van der Waals surface area contributed by atoms with Crippen molar-refractivity contribution in [3.05, 3.63) is 35.4 Å². The molecule has 1 aromatic rings. The fourth-order valence-electron chi connectivity index (χ4n) is 7.16. The standard InChI is InChI=1S/C32H42N4O9/c37-27-26-14-24(45-31(42)35-16-20-8-6-7-9-21(20)17-35)18-36(26)28(38)25(33-30(41)44-23-12-13-43-19-23)11-5-3-1-2-4-10-22-15-32(22,34-27)29(39)40/h6-9,22-26H,1-5,10-19H2,(H,33,41)(H,34,37)(H,39,40)/t22-,23-,24-,25+,26+,32-/m1/s1. The van der Waals surface area contributed by atoms with E-state index in [1.807, 2.05) is 24.3 Å². The van der Waals surface area contributed by atoms with Crippen LogP contribution in [0, 0.1) is 5.92 Å². The molecule has 0 aromatic heterocycles. The molecule has 1 saturated carbocycles. The number of rotatable bonds is 4. The van der Waals surface area contributed by atoms with Crippen LogP contribution in [0.15, 0.2) is 24.3 Å². The van der Waals surface area contributed by atoms with Gasteiger partial charge in [-0.15, -0.1) is 0 Å². The molecular formula is C32H42N4O9. The molecule has 6 atom stereocenters. The largest absolute Gasteiger partial charge is 0.479 e. The van der Waals surface area contributed by atoms with Crippen LogP contribution < -0.4 is 10.6 Å². The summed E-state index contributed by atoms with van der Waals surface area (Å²) < 4.78 is 16.6. The van der Waals surface area contributed by atoms with Crippen molar-refractivity contribution in [1.29, 1.82) is 0 Å². The Kier molecular flexibility index (Phi) is 9.16. The molecule has 244 valence electrons. The molecule has 0 bridgehead atoms. The number of carbonyl (C=O) groups excluding carboxylic acids is 4. The number of ether oxygens (including phenoxy) is 3. The molecule has 0 radical (unpaired) electrons. The molecule has 4 heterocycles. The van der Waals surface area contributed by atoms with Crippen LogP contribution in [0.1, 0.15) is 75.3 Å². The third kappa shape index (κ3) is 6.87. The first-order valence-corrected chi connectivity index (χ1v) is 16.2. The SMILES string of the molecule is O=C(N[C@H]1CCCCCCC[C@@H]2C[C@@]2(C(=O)O)NC(=O)[C@@H]2C[C@@H](OC(=O)N3Cc4ccccc4C3)CN2C1=O)O[C@@H]1CCOC1. The second-order valence-corrected chi connectivity index (χ2v) is 13.0. The number of alkyl carbamates (subject to hydrolysis) is 1. The highest BCUT2D eigenvalue weighted by atomic mass is 16.6. The first-order valence-electron chi connectivity index (χ1n) is 16.2. The van der Waals surface area contributed by atoms with Crippen LogP contribution >= 0.6 is 0 Å². The van der Waals surface area contributed by atoms with E-state index in [9.17, 15) is 29.1 Å². The summed E-state index contributed by atoms with van der Waals surface area (Å²) >= 11 is 0. The maximum atomic E-state index is 14.1. The zero-order chi connectivity index (χ0) is 31.6. The molecule has 4 amide bonds. The molecule has 3 saturated heterocycles. The maximum Gasteiger partial charge on any atom is 0.410 e. The number of carboxylic acid groups (broad SMARTS) is 1. The van der Waals surface area contributed by atoms with Gasteiger partial charge in [0.2, 0.25) is 11.8 Å². The fourth-order valence-corrected chi connectivity index (χ4v) is 7.16. The van der Waals surface area contributed by atoms with E-state index in [0.29, 0.717) is 58.4 Å². The second-order valence-electron chi connectivity index (χ2n) is 13.0. The fraction of sp³-hybridized carbons (Fsp3) is 0.656. The van der Waals surface area contributed by atoms with Gasteiger partial charge >= 0.3 is 18.2 Å². The summed E-state index contributed by atoms with van der Waals surface area (Å²) in [4.78, 5) is 69.2. The minimum Gasteiger partial charge on any atom is -0.479 e. The molecule has 13 heteroatoms. The Labute approximate surface area is 261 Å². The van der Waals surface area contributed by atoms with Gasteiger partial charge in [-0.25, -0.2) is 14.4 Å². The van der Waals surface area contributed by atoms with Gasteiger partial charge in [-0.3, -0.25) is 14.5 Å². The molecule has 1 aromatic carbocycles. The number of fused-ring (bicyclic) bond motifs is 3. The van der Waals surface area contributed by atoms with Crippen molar-refractivity contribution >= 4 is 30.0 Å². The summed E-state index contributed by atoms with van der Waals surface area (Å²) in [5, 5.41) is 15.6. The molecule has 4 aliphatic heterocycles. The average Bonchev–Trinajstić information content (AvgIpc) is 3.43. The van der Waals surface area contributed by atoms with Crippen LogP contribution in [-0.2, 0) is 41.7 Å². The normalized spacial score (nSPS) is 31.9. The van der Waals surface area contributed by atoms with Crippen LogP contribution in [0.4, 0.5) is 9.59 Å². The zero-order valence-electron chi connectivity index (χ0n) is 25.4. The maximum absolute atomic E-state index is 14.1. The third-order valence-corrected chi connectivity index (χ3v) is 9.85. The molecule has 6 rings (SSSR count). The van der Waals surface area contributed by atoms with Crippen LogP contribution in [-0.4, -0.2) is 94.5 Å². The summed E-state index contributed by atoms with van der Waals surface area (Å²) in [6, 6.07) is 5.70. The van der Waals surface area contributed by atoms with E-state index in [1.54, 1.807) is 4.90 Å². The Balaban J connectivity index is 1.20. The first kappa shape index (κ1) is 31.1. The van der Waals surface area contributed by atoms with E-state index < -0.39 is 59.8 Å². The minimum absolute atomic E-state index is 0.0149. The Morgan fingerprint density at radius 3 is 2.36 bits per heavy atom. The van der Waals surface area contributed by atoms with Crippen LogP contribution in [0.5, 0.6) is 0 Å². The van der Waals surface area contributed by atoms with Crippen molar-refractivity contribution in [2.24, 2.45) is 5.92 Å². The smallest absolute Gasteiger partial charge is 0.410 e. The van der Waals surface area contributed by atoms with Gasteiger partial charge < -0.3 is 34.9 Å². The molecule has 5 aliphatic rings. The zero-order valence-corrected chi connectivity index (χ0v) is 25.4. The van der Waals surface area contributed by atoms with Crippen molar-refractivity contribution in [3.8, 4) is 0 Å². The molecule has 45 heavy (non-hydrogen) atoms. The Hall–Kier alpha value is -3.87. The monoisotopic (exact) mass is 626 g/mol. The highest BCUT2D eigenvalue weighted by molar-refractivity contribution is 5.96. The number of benzene rings is 1. The lowest BCUT2D eigenvalue weighted by Gasteiger charge is -2.29. The van der Waals surface area contributed by atoms with E-state index in [-0.39, 0.29) is 18.9 Å². The summed E-state index contributed by atoms with van der Waals surface area (Å²) in [7, 11) is 0. The second kappa shape index (κ2) is 13.2. The average molecular weight is 627 g/mol. The summed E-state index contributed by atoms with van der Waals surface area (Å²) in [5.74, 6) is -2.35. The number of nitrogens with one attached hydrogen (secondary N) is 2. The van der Waals surface area contributed by atoms with Gasteiger partial charge in [0.15, 0.2) is 0 Å². The van der Waals surface area contributed by atoms with Crippen molar-refractivity contribution in [2.75, 3.05) is 19.8 Å². The lowest BCUT2D eigenvalue weighted by molar-refractivity contribution is -0.146. The number of aliphatic carboxylic acids is 1. The van der Waals surface area contributed by atoms with Gasteiger partial charge in [0.05, 0.1) is 19.8 Å². The molecule has 3 N–H and O–H groups in total. The number of carboxylic acids is 1. The van der Waals surface area contributed by atoms with E-state index in [4.69, 9.17) is 14.2 Å². The number of hydrogen-bond acceptors (Lipinski definition) is 8. The van der Waals surface area contributed by atoms with Gasteiger partial charge in [-0.05, 0) is 36.3 Å². The lowest BCUT2D eigenvalue weighted by atomic mass is 10.0. The topological polar surface area (TPSA) is 164 Å². The van der Waals surface area contributed by atoms with E-state index in [2.05, 4.69) is 10.6 Å². The van der Waals surface area contributed by atoms with E-state index in [1.165, 1.54) is 4.90 Å². The first-order chi connectivity index (χ1) is 21.7. The Bertz CT molecular complexity index is 1290. The molecular weight excluding hydrogens is 584 g/mol. The number of hydrogen-bond donors (Lipinski definition) is 3. The van der Waals surface area contributed by atoms with Gasteiger partial charge in [-0.2, -0.15) is 0 Å². The van der Waals surface area contributed by atoms with Gasteiger partial charge in [0, 0.05) is 25.9 Å². The predicted molar refractivity (Wildman–Crippen MR) is 158 cm³/mol. The summed E-state index contributed by atoms with van der Waals surface area (Å²) in [6.07, 6.45) is 3.68. The quantitative estimate of drug-likeness (QED) is 0.456. The van der Waals surface area contributed by atoms with Crippen molar-refractivity contribution in [2.45, 2.75) is 107 Å². The Morgan fingerprint density at radius 1 is 0.956 bits per heavy atom.